The van der Waals surface area contributed by atoms with Crippen molar-refractivity contribution < 1.29 is 20.1 Å². The maximum Gasteiger partial charge on any atom is 0.197 e. The van der Waals surface area contributed by atoms with Crippen molar-refractivity contribution in [1.82, 2.24) is 0 Å². The van der Waals surface area contributed by atoms with E-state index in [1.54, 1.807) is 44.2 Å². The van der Waals surface area contributed by atoms with Crippen molar-refractivity contribution >= 4 is 11.4 Å². The average Bonchev–Trinajstić information content (AvgIpc) is 2.52. The van der Waals surface area contributed by atoms with Gasteiger partial charge in [0.1, 0.15) is 0 Å². The molecule has 1 N–H and O–H groups in total. The van der Waals surface area contributed by atoms with Crippen molar-refractivity contribution in [2.45, 2.75) is 33.7 Å². The van der Waals surface area contributed by atoms with Gasteiger partial charge in [0, 0.05) is 11.1 Å². The van der Waals surface area contributed by atoms with E-state index in [1.165, 1.54) is 0 Å². The zero-order valence-electron chi connectivity index (χ0n) is 16.0. The van der Waals surface area contributed by atoms with Gasteiger partial charge >= 0.3 is 0 Å². The summed E-state index contributed by atoms with van der Waals surface area (Å²) in [5.74, 6) is -0.875. The molecule has 110 valence electrons. The fourth-order valence-corrected chi connectivity index (χ4v) is 2.08. The summed E-state index contributed by atoms with van der Waals surface area (Å²) in [7, 11) is 0. The van der Waals surface area contributed by atoms with E-state index in [0.29, 0.717) is 5.56 Å². The van der Waals surface area contributed by atoms with Crippen LogP contribution in [0.25, 0.3) is 5.57 Å². The molecule has 1 aromatic carbocycles. The van der Waals surface area contributed by atoms with Gasteiger partial charge in [-0.3, -0.25) is 4.79 Å². The second-order valence-corrected chi connectivity index (χ2v) is 4.99. The second kappa shape index (κ2) is 6.00. The smallest absolute Gasteiger partial charge is 0.197 e. The summed E-state index contributed by atoms with van der Waals surface area (Å²) in [5, 5.41) is 10.4. The van der Waals surface area contributed by atoms with Crippen molar-refractivity contribution in [3.63, 3.8) is 0 Å². The van der Waals surface area contributed by atoms with Gasteiger partial charge in [0.2, 0.25) is 0 Å². The van der Waals surface area contributed by atoms with Gasteiger partial charge in [-0.1, -0.05) is 35.9 Å². The van der Waals surface area contributed by atoms with Crippen LogP contribution in [0.1, 0.15) is 38.6 Å². The average molecular weight is 288 g/mol. The lowest BCUT2D eigenvalue weighted by molar-refractivity contribution is -0.110. The summed E-state index contributed by atoms with van der Waals surface area (Å²) < 4.78 is 35.8. The Morgan fingerprint density at radius 2 is 2.00 bits per heavy atom. The molecular formula is C18H20O3. The van der Waals surface area contributed by atoms with Gasteiger partial charge in [-0.25, -0.2) is 0 Å². The van der Waals surface area contributed by atoms with Crippen LogP contribution in [0.2, 0.25) is 0 Å². The number of carbonyl (C=O) groups is 1. The minimum atomic E-state index is -2.60. The van der Waals surface area contributed by atoms with Crippen LogP contribution in [0, 0.1) is 0 Å². The van der Waals surface area contributed by atoms with Crippen LogP contribution >= 0.6 is 0 Å². The molecule has 2 rings (SSSR count). The Bertz CT molecular complexity index is 756. The summed E-state index contributed by atoms with van der Waals surface area (Å²) in [6, 6.07) is 8.61. The number of hydrogen-bond acceptors (Lipinski definition) is 3. The first-order valence-corrected chi connectivity index (χ1v) is 6.61. The molecule has 0 fully saturated rings. The molecule has 3 nitrogen and oxygen atoms in total. The highest BCUT2D eigenvalue weighted by molar-refractivity contribution is 6.32. The molecule has 0 atom stereocenters. The maximum absolute atomic E-state index is 13.0. The van der Waals surface area contributed by atoms with Gasteiger partial charge < -0.3 is 9.84 Å². The van der Waals surface area contributed by atoms with Crippen LogP contribution in [-0.4, -0.2) is 17.0 Å². The van der Waals surface area contributed by atoms with Crippen molar-refractivity contribution in [2.24, 2.45) is 0 Å². The highest BCUT2D eigenvalue weighted by Gasteiger charge is 2.29. The summed E-state index contributed by atoms with van der Waals surface area (Å²) in [4.78, 5) is 13.0. The Balaban J connectivity index is 2.74. The third-order valence-electron chi connectivity index (χ3n) is 2.95. The number of Topliss-reactive ketones (excluding diaryl/α,β-unsaturated/α-hetero) is 1. The third kappa shape index (κ3) is 3.07. The van der Waals surface area contributed by atoms with E-state index < -0.39 is 19.5 Å². The van der Waals surface area contributed by atoms with Crippen LogP contribution in [0.4, 0.5) is 0 Å². The van der Waals surface area contributed by atoms with Gasteiger partial charge in [0.25, 0.3) is 0 Å². The molecule has 0 unspecified atom stereocenters. The molecule has 21 heavy (non-hydrogen) atoms. The first-order valence-electron chi connectivity index (χ1n) is 8.82. The summed E-state index contributed by atoms with van der Waals surface area (Å²) >= 11 is 0. The molecule has 0 bridgehead atoms. The number of benzene rings is 1. The molecule has 1 aliphatic carbocycles. The Labute approximate surface area is 130 Å². The number of aliphatic hydroxyl groups excluding tert-OH is 1. The number of ketones is 1. The molecule has 3 heteroatoms. The fourth-order valence-electron chi connectivity index (χ4n) is 2.08. The van der Waals surface area contributed by atoms with Gasteiger partial charge in [0.05, 0.1) is 11.7 Å². The summed E-state index contributed by atoms with van der Waals surface area (Å²) in [5.41, 5.74) is 0.123. The highest BCUT2D eigenvalue weighted by Crippen LogP contribution is 2.34. The van der Waals surface area contributed by atoms with Crippen molar-refractivity contribution in [2.75, 3.05) is 0 Å². The monoisotopic (exact) mass is 288 g/mol. The Hall–Kier alpha value is -2.29. The normalized spacial score (nSPS) is 21.3. The maximum atomic E-state index is 13.0. The summed E-state index contributed by atoms with van der Waals surface area (Å²) in [6.45, 7) is 0.359. The molecular weight excluding hydrogens is 264 g/mol. The molecule has 1 aromatic rings. The Morgan fingerprint density at radius 1 is 1.29 bits per heavy atom. The van der Waals surface area contributed by atoms with E-state index in [-0.39, 0.29) is 34.3 Å². The predicted octanol–water partition coefficient (Wildman–Crippen LogP) is 4.18. The van der Waals surface area contributed by atoms with E-state index in [1.807, 2.05) is 0 Å². The van der Waals surface area contributed by atoms with Crippen LogP contribution in [0.3, 0.4) is 0 Å². The lowest BCUT2D eigenvalue weighted by Gasteiger charge is -2.22. The zero-order valence-corrected chi connectivity index (χ0v) is 12.0. The van der Waals surface area contributed by atoms with E-state index >= 15 is 0 Å². The number of aliphatic hydroxyl groups is 1. The van der Waals surface area contributed by atoms with E-state index in [9.17, 15) is 9.90 Å². The Kier molecular flexibility index (Phi) is 2.98. The molecule has 0 saturated heterocycles. The molecule has 0 spiro atoms. The molecule has 0 heterocycles. The first-order chi connectivity index (χ1) is 11.7. The van der Waals surface area contributed by atoms with E-state index in [2.05, 4.69) is 0 Å². The number of allylic oxidation sites excluding steroid dienone is 4. The lowest BCUT2D eigenvalue weighted by Crippen LogP contribution is -2.18. The van der Waals surface area contributed by atoms with Gasteiger partial charge in [-0.2, -0.15) is 0 Å². The third-order valence-corrected chi connectivity index (χ3v) is 2.95. The quantitative estimate of drug-likeness (QED) is 0.849. The lowest BCUT2D eigenvalue weighted by atomic mass is 9.88. The number of ether oxygens (including phenoxy) is 1. The van der Waals surface area contributed by atoms with Crippen LogP contribution in [-0.2, 0) is 9.53 Å². The summed E-state index contributed by atoms with van der Waals surface area (Å²) in [6.07, 6.45) is 0.795. The second-order valence-electron chi connectivity index (χ2n) is 4.99. The van der Waals surface area contributed by atoms with Crippen LogP contribution < -0.4 is 0 Å². The van der Waals surface area contributed by atoms with E-state index in [0.717, 1.165) is 6.08 Å². The molecule has 0 amide bonds. The molecule has 0 aromatic heterocycles. The molecule has 0 radical (unpaired) electrons. The first kappa shape index (κ1) is 10.4. The molecule has 0 saturated carbocycles. The number of carbonyl (C=O) groups excluding carboxylic acids is 1. The largest absolute Gasteiger partial charge is 0.504 e. The van der Waals surface area contributed by atoms with Gasteiger partial charge in [-0.05, 0) is 39.2 Å². The fraction of sp³-hybridized carbons (Fsp3) is 0.278. The zero-order chi connectivity index (χ0) is 18.8. The predicted molar refractivity (Wildman–Crippen MR) is 83.7 cm³/mol. The SMILES string of the molecule is [2H]C/C(=C1/C=C(O)C(OC(C)C)=C(c2ccccc2)C1=O)C([2H])([2H])[2H]. The molecule has 1 aliphatic rings. The minimum absolute atomic E-state index is 0.0184. The van der Waals surface area contributed by atoms with Crippen molar-refractivity contribution in [3.8, 4) is 0 Å². The van der Waals surface area contributed by atoms with Crippen molar-refractivity contribution in [3.05, 3.63) is 64.6 Å². The highest BCUT2D eigenvalue weighted by atomic mass is 16.5. The van der Waals surface area contributed by atoms with Crippen LogP contribution in [0.5, 0.6) is 0 Å². The molecule has 0 aliphatic heterocycles. The standard InChI is InChI=1S/C18H20O3/c1-11(2)14-10-15(19)18(21-12(3)4)16(17(14)20)13-8-6-5-7-9-13/h5-10,12,19H,1-4H3/i1D,2D3/b14-11+. The van der Waals surface area contributed by atoms with Crippen LogP contribution in [0.15, 0.2) is 59.1 Å². The van der Waals surface area contributed by atoms with E-state index in [4.69, 9.17) is 10.2 Å². The number of rotatable bonds is 3. The number of hydrogen-bond donors (Lipinski definition) is 1. The minimum Gasteiger partial charge on any atom is -0.504 e. The topological polar surface area (TPSA) is 46.5 Å². The van der Waals surface area contributed by atoms with Gasteiger partial charge in [-0.15, -0.1) is 0 Å². The van der Waals surface area contributed by atoms with Crippen molar-refractivity contribution in [1.29, 1.82) is 0 Å². The van der Waals surface area contributed by atoms with Gasteiger partial charge in [0.15, 0.2) is 17.3 Å². The Morgan fingerprint density at radius 3 is 2.57 bits per heavy atom.